The molecule has 2 aromatic carbocycles. The molecule has 24 heavy (non-hydrogen) atoms. The first-order valence-electron chi connectivity index (χ1n) is 6.72. The zero-order chi connectivity index (χ0) is 17.8. The van der Waals surface area contributed by atoms with E-state index in [2.05, 4.69) is 0 Å². The second kappa shape index (κ2) is 5.41. The van der Waals surface area contributed by atoms with Crippen molar-refractivity contribution in [2.75, 3.05) is 6.61 Å². The summed E-state index contributed by atoms with van der Waals surface area (Å²) < 4.78 is 54.8. The normalized spacial score (nSPS) is 13.0. The van der Waals surface area contributed by atoms with E-state index >= 15 is 0 Å². The van der Waals surface area contributed by atoms with Crippen LogP contribution in [-0.2, 0) is 6.42 Å². The molecule has 0 radical (unpaired) electrons. The highest BCUT2D eigenvalue weighted by molar-refractivity contribution is 6.30. The van der Waals surface area contributed by atoms with Gasteiger partial charge in [0.05, 0.1) is 16.7 Å². The van der Waals surface area contributed by atoms with Crippen LogP contribution in [0.2, 0.25) is 0 Å². The Morgan fingerprint density at radius 2 is 1.25 bits per heavy atom. The lowest BCUT2D eigenvalue weighted by molar-refractivity contribution is 0.0966. The summed E-state index contributed by atoms with van der Waals surface area (Å²) in [5.74, 6) is -11.7. The number of rotatable bonds is 2. The second-order valence-electron chi connectivity index (χ2n) is 5.13. The summed E-state index contributed by atoms with van der Waals surface area (Å²) in [6, 6.07) is 2.25. The molecule has 0 atom stereocenters. The number of aromatic hydroxyl groups is 1. The van der Waals surface area contributed by atoms with E-state index in [9.17, 15) is 32.3 Å². The molecule has 0 spiro atoms. The SMILES string of the molecule is O=C1c2c(O)ccc(CCO)c2C(=O)c2c(F)c(F)c(F)c(F)c21. The summed E-state index contributed by atoms with van der Waals surface area (Å²) in [6.07, 6.45) is -0.120. The predicted octanol–water partition coefficient (Wildman–Crippen LogP) is 2.26. The molecular weight excluding hydrogens is 332 g/mol. The third kappa shape index (κ3) is 1.96. The molecule has 2 aromatic rings. The Bertz CT molecular complexity index is 921. The highest BCUT2D eigenvalue weighted by Crippen LogP contribution is 2.38. The van der Waals surface area contributed by atoms with Gasteiger partial charge >= 0.3 is 0 Å². The van der Waals surface area contributed by atoms with Crippen LogP contribution < -0.4 is 0 Å². The second-order valence-corrected chi connectivity index (χ2v) is 5.13. The number of hydrogen-bond donors (Lipinski definition) is 2. The van der Waals surface area contributed by atoms with Crippen molar-refractivity contribution in [2.24, 2.45) is 0 Å². The van der Waals surface area contributed by atoms with Gasteiger partial charge in [-0.1, -0.05) is 6.07 Å². The van der Waals surface area contributed by atoms with Gasteiger partial charge in [-0.3, -0.25) is 9.59 Å². The van der Waals surface area contributed by atoms with Crippen LogP contribution in [0.4, 0.5) is 17.6 Å². The lowest BCUT2D eigenvalue weighted by Gasteiger charge is -2.22. The minimum absolute atomic E-state index is 0.0823. The van der Waals surface area contributed by atoms with Crippen LogP contribution in [0.1, 0.15) is 37.4 Å². The van der Waals surface area contributed by atoms with E-state index in [1.165, 1.54) is 6.07 Å². The largest absolute Gasteiger partial charge is 0.507 e. The number of ketones is 2. The minimum Gasteiger partial charge on any atom is -0.507 e. The first-order chi connectivity index (χ1) is 11.3. The van der Waals surface area contributed by atoms with E-state index in [4.69, 9.17) is 5.11 Å². The van der Waals surface area contributed by atoms with Gasteiger partial charge in [0.2, 0.25) is 5.78 Å². The van der Waals surface area contributed by atoms with Crippen molar-refractivity contribution in [1.82, 2.24) is 0 Å². The van der Waals surface area contributed by atoms with Gasteiger partial charge in [0.1, 0.15) is 5.75 Å². The molecule has 0 aromatic heterocycles. The first kappa shape index (κ1) is 16.1. The molecule has 0 amide bonds. The average Bonchev–Trinajstić information content (AvgIpc) is 2.55. The van der Waals surface area contributed by atoms with Crippen LogP contribution in [-0.4, -0.2) is 28.4 Å². The third-order valence-corrected chi connectivity index (χ3v) is 3.83. The van der Waals surface area contributed by atoms with Gasteiger partial charge < -0.3 is 10.2 Å². The topological polar surface area (TPSA) is 74.6 Å². The summed E-state index contributed by atoms with van der Waals surface area (Å²) >= 11 is 0. The Morgan fingerprint density at radius 3 is 1.75 bits per heavy atom. The molecule has 3 rings (SSSR count). The quantitative estimate of drug-likeness (QED) is 0.426. The number of carbonyl (C=O) groups is 2. The molecule has 0 fully saturated rings. The van der Waals surface area contributed by atoms with E-state index in [0.717, 1.165) is 6.07 Å². The van der Waals surface area contributed by atoms with Gasteiger partial charge in [0.15, 0.2) is 29.1 Å². The van der Waals surface area contributed by atoms with Crippen LogP contribution in [0, 0.1) is 23.3 Å². The molecule has 1 aliphatic carbocycles. The Balaban J connectivity index is 2.43. The van der Waals surface area contributed by atoms with Crippen LogP contribution >= 0.6 is 0 Å². The number of carbonyl (C=O) groups excluding carboxylic acids is 2. The van der Waals surface area contributed by atoms with E-state index in [0.29, 0.717) is 0 Å². The number of halogens is 4. The molecule has 0 bridgehead atoms. The number of phenols is 1. The van der Waals surface area contributed by atoms with Crippen molar-refractivity contribution >= 4 is 11.6 Å². The standard InChI is InChI=1S/C16H8F4O4/c17-11-9-10(12(18)14(20)13(11)19)16(24)8-6(22)2-1-5(3-4-21)7(8)15(9)23/h1-2,21-22H,3-4H2. The highest BCUT2D eigenvalue weighted by Gasteiger charge is 2.41. The fourth-order valence-electron chi connectivity index (χ4n) is 2.76. The highest BCUT2D eigenvalue weighted by atomic mass is 19.2. The van der Waals surface area contributed by atoms with Gasteiger partial charge in [-0.05, 0) is 18.1 Å². The molecule has 4 nitrogen and oxygen atoms in total. The van der Waals surface area contributed by atoms with Crippen LogP contribution in [0.15, 0.2) is 12.1 Å². The maximum atomic E-state index is 14.0. The van der Waals surface area contributed by atoms with Gasteiger partial charge in [0, 0.05) is 12.2 Å². The van der Waals surface area contributed by atoms with Crippen molar-refractivity contribution < 1.29 is 37.4 Å². The van der Waals surface area contributed by atoms with E-state index < -0.39 is 69.4 Å². The van der Waals surface area contributed by atoms with Crippen molar-refractivity contribution in [3.05, 3.63) is 63.2 Å². The average molecular weight is 340 g/mol. The van der Waals surface area contributed by atoms with Gasteiger partial charge in [-0.2, -0.15) is 0 Å². The zero-order valence-electron chi connectivity index (χ0n) is 11.8. The van der Waals surface area contributed by atoms with Crippen molar-refractivity contribution in [3.63, 3.8) is 0 Å². The number of hydrogen-bond acceptors (Lipinski definition) is 4. The van der Waals surface area contributed by atoms with Crippen LogP contribution in [0.25, 0.3) is 0 Å². The number of aliphatic hydroxyl groups excluding tert-OH is 1. The number of fused-ring (bicyclic) bond motifs is 2. The Labute approximate surface area is 132 Å². The fourth-order valence-corrected chi connectivity index (χ4v) is 2.76. The summed E-state index contributed by atoms with van der Waals surface area (Å²) in [5, 5.41) is 18.8. The fraction of sp³-hybridized carbons (Fsp3) is 0.125. The van der Waals surface area contributed by atoms with Crippen molar-refractivity contribution in [1.29, 1.82) is 0 Å². The summed E-state index contributed by atoms with van der Waals surface area (Å²) in [5.41, 5.74) is -3.51. The van der Waals surface area contributed by atoms with Crippen LogP contribution in [0.3, 0.4) is 0 Å². The Morgan fingerprint density at radius 1 is 0.750 bits per heavy atom. The maximum Gasteiger partial charge on any atom is 0.201 e. The van der Waals surface area contributed by atoms with E-state index in [1.54, 1.807) is 0 Å². The molecule has 2 N–H and O–H groups in total. The predicted molar refractivity (Wildman–Crippen MR) is 72.0 cm³/mol. The minimum atomic E-state index is -2.22. The summed E-state index contributed by atoms with van der Waals surface area (Å²) in [6.45, 7) is -0.430. The van der Waals surface area contributed by atoms with E-state index in [1.807, 2.05) is 0 Å². The summed E-state index contributed by atoms with van der Waals surface area (Å²) in [4.78, 5) is 24.9. The molecule has 1 aliphatic rings. The first-order valence-corrected chi connectivity index (χ1v) is 6.72. The van der Waals surface area contributed by atoms with Gasteiger partial charge in [-0.25, -0.2) is 17.6 Å². The lowest BCUT2D eigenvalue weighted by Crippen LogP contribution is -2.27. The molecule has 8 heteroatoms. The molecule has 0 aliphatic heterocycles. The molecule has 0 heterocycles. The summed E-state index contributed by atoms with van der Waals surface area (Å²) in [7, 11) is 0. The van der Waals surface area contributed by atoms with Gasteiger partial charge in [-0.15, -0.1) is 0 Å². The third-order valence-electron chi connectivity index (χ3n) is 3.83. The number of phenolic OH excluding ortho intramolecular Hbond substituents is 1. The van der Waals surface area contributed by atoms with E-state index in [-0.39, 0.29) is 12.0 Å². The number of benzene rings is 2. The lowest BCUT2D eigenvalue weighted by atomic mass is 9.80. The van der Waals surface area contributed by atoms with Crippen molar-refractivity contribution in [2.45, 2.75) is 6.42 Å². The molecule has 0 saturated carbocycles. The smallest absolute Gasteiger partial charge is 0.201 e. The Hall–Kier alpha value is -2.74. The molecule has 124 valence electrons. The Kier molecular flexibility index (Phi) is 3.64. The number of aliphatic hydroxyl groups is 1. The van der Waals surface area contributed by atoms with Gasteiger partial charge in [0.25, 0.3) is 0 Å². The molecular formula is C16H8F4O4. The maximum absolute atomic E-state index is 14.0. The monoisotopic (exact) mass is 340 g/mol. The molecule has 0 unspecified atom stereocenters. The van der Waals surface area contributed by atoms with Crippen LogP contribution in [0.5, 0.6) is 5.75 Å². The van der Waals surface area contributed by atoms with Crippen molar-refractivity contribution in [3.8, 4) is 5.75 Å². The zero-order valence-corrected chi connectivity index (χ0v) is 11.8. The molecule has 0 saturated heterocycles.